The van der Waals surface area contributed by atoms with Crippen LogP contribution in [0.4, 0.5) is 0 Å². The first-order valence-corrected chi connectivity index (χ1v) is 12.4. The van der Waals surface area contributed by atoms with E-state index in [1.807, 2.05) is 19.1 Å². The maximum Gasteiger partial charge on any atom is 0.250 e. The molecular weight excluding hydrogens is 340 g/mol. The summed E-state index contributed by atoms with van der Waals surface area (Å²) in [4.78, 5) is 0. The predicted molar refractivity (Wildman–Crippen MR) is 114 cm³/mol. The van der Waals surface area contributed by atoms with Crippen LogP contribution in [0.25, 0.3) is 5.76 Å². The third kappa shape index (κ3) is 5.88. The van der Waals surface area contributed by atoms with Gasteiger partial charge in [-0.3, -0.25) is 0 Å². The normalized spacial score (nSPS) is 14.1. The molecule has 148 valence electrons. The Labute approximate surface area is 161 Å². The van der Waals surface area contributed by atoms with E-state index < -0.39 is 8.32 Å². The van der Waals surface area contributed by atoms with Crippen LogP contribution in [0.3, 0.4) is 0 Å². The molecule has 4 heteroatoms. The summed E-state index contributed by atoms with van der Waals surface area (Å²) in [5.41, 5.74) is 2.15. The van der Waals surface area contributed by atoms with Gasteiger partial charge < -0.3 is 13.9 Å². The molecule has 0 amide bonds. The minimum absolute atomic E-state index is 0.0448. The molecule has 26 heavy (non-hydrogen) atoms. The molecule has 0 fully saturated rings. The molecular formula is C22H38O3Si. The first-order chi connectivity index (χ1) is 11.8. The van der Waals surface area contributed by atoms with Crippen molar-refractivity contribution in [1.82, 2.24) is 0 Å². The fourth-order valence-electron chi connectivity index (χ4n) is 2.39. The van der Waals surface area contributed by atoms with Crippen LogP contribution >= 0.6 is 0 Å². The zero-order valence-electron chi connectivity index (χ0n) is 18.4. The van der Waals surface area contributed by atoms with Crippen molar-refractivity contribution >= 4 is 14.1 Å². The summed E-state index contributed by atoms with van der Waals surface area (Å²) in [6.45, 7) is 21.1. The van der Waals surface area contributed by atoms with E-state index >= 15 is 0 Å². The van der Waals surface area contributed by atoms with Gasteiger partial charge in [-0.15, -0.1) is 0 Å². The van der Waals surface area contributed by atoms with Crippen LogP contribution in [0.15, 0.2) is 29.8 Å². The van der Waals surface area contributed by atoms with Gasteiger partial charge in [-0.1, -0.05) is 53.7 Å². The molecule has 1 aromatic rings. The molecule has 0 spiro atoms. The molecule has 3 nitrogen and oxygen atoms in total. The smallest absolute Gasteiger partial charge is 0.250 e. The van der Waals surface area contributed by atoms with Gasteiger partial charge in [0.2, 0.25) is 8.32 Å². The average Bonchev–Trinajstić information content (AvgIpc) is 2.49. The molecule has 0 aliphatic heterocycles. The monoisotopic (exact) mass is 378 g/mol. The molecule has 0 heterocycles. The largest absolute Gasteiger partial charge is 0.543 e. The van der Waals surface area contributed by atoms with Crippen molar-refractivity contribution in [3.63, 3.8) is 0 Å². The summed E-state index contributed by atoms with van der Waals surface area (Å²) in [6.07, 6.45) is 0. The first kappa shape index (κ1) is 22.8. The summed E-state index contributed by atoms with van der Waals surface area (Å²) in [7, 11) is -0.149. The zero-order chi connectivity index (χ0) is 20.2. The van der Waals surface area contributed by atoms with Crippen LogP contribution in [0.5, 0.6) is 5.75 Å². The second-order valence-corrected chi connectivity index (χ2v) is 14.0. The minimum atomic E-state index is -1.88. The predicted octanol–water partition coefficient (Wildman–Crippen LogP) is 6.51. The van der Waals surface area contributed by atoms with Crippen molar-refractivity contribution in [3.05, 3.63) is 35.4 Å². The van der Waals surface area contributed by atoms with Gasteiger partial charge in [0.1, 0.15) is 11.5 Å². The molecule has 0 unspecified atom stereocenters. The van der Waals surface area contributed by atoms with Crippen molar-refractivity contribution in [3.8, 4) is 5.75 Å². The number of benzene rings is 1. The maximum absolute atomic E-state index is 6.48. The quantitative estimate of drug-likeness (QED) is 0.400. The van der Waals surface area contributed by atoms with Gasteiger partial charge in [0.25, 0.3) is 0 Å². The van der Waals surface area contributed by atoms with Crippen molar-refractivity contribution in [1.29, 1.82) is 0 Å². The molecule has 0 radical (unpaired) electrons. The number of ether oxygens (including phenoxy) is 2. The second-order valence-electron chi connectivity index (χ2n) is 9.29. The molecule has 0 N–H and O–H groups in total. The van der Waals surface area contributed by atoms with Gasteiger partial charge in [-0.05, 0) is 42.6 Å². The van der Waals surface area contributed by atoms with Gasteiger partial charge in [0, 0.05) is 17.7 Å². The molecule has 0 aliphatic rings. The fraction of sp³-hybridized carbons (Fsp3) is 0.636. The summed E-state index contributed by atoms with van der Waals surface area (Å²) in [5.74, 6) is 1.79. The third-order valence-corrected chi connectivity index (χ3v) is 9.47. The summed E-state index contributed by atoms with van der Waals surface area (Å²) in [5, 5.41) is 0.161. The average molecular weight is 379 g/mol. The highest BCUT2D eigenvalue weighted by molar-refractivity contribution is 6.74. The van der Waals surface area contributed by atoms with Gasteiger partial charge in [-0.2, -0.15) is 0 Å². The lowest BCUT2D eigenvalue weighted by atomic mass is 9.84. The second kappa shape index (κ2) is 8.62. The Morgan fingerprint density at radius 2 is 1.65 bits per heavy atom. The maximum atomic E-state index is 6.48. The van der Waals surface area contributed by atoms with Crippen molar-refractivity contribution in [2.24, 2.45) is 5.41 Å². The molecule has 1 rings (SSSR count). The van der Waals surface area contributed by atoms with Crippen LogP contribution < -0.4 is 4.43 Å². The Morgan fingerprint density at radius 3 is 2.12 bits per heavy atom. The van der Waals surface area contributed by atoms with Crippen molar-refractivity contribution in [2.45, 2.75) is 66.6 Å². The first-order valence-electron chi connectivity index (χ1n) is 9.48. The van der Waals surface area contributed by atoms with Gasteiger partial charge in [0.15, 0.2) is 0 Å². The summed E-state index contributed by atoms with van der Waals surface area (Å²) >= 11 is 0. The van der Waals surface area contributed by atoms with E-state index in [-0.39, 0.29) is 10.5 Å². The molecule has 0 aromatic heterocycles. The SMILES string of the molecule is CCOC/C(=C(/OC)c1cccc(O[Si](C)(C)C(C)(C)C)c1)C(C)(C)C. The van der Waals surface area contributed by atoms with Gasteiger partial charge >= 0.3 is 0 Å². The van der Waals surface area contributed by atoms with E-state index in [2.05, 4.69) is 66.8 Å². The molecule has 1 aromatic carbocycles. The van der Waals surface area contributed by atoms with E-state index in [1.54, 1.807) is 7.11 Å². The highest BCUT2D eigenvalue weighted by atomic mass is 28.4. The van der Waals surface area contributed by atoms with E-state index in [0.29, 0.717) is 13.2 Å². The Balaban J connectivity index is 3.34. The summed E-state index contributed by atoms with van der Waals surface area (Å²) in [6, 6.07) is 8.25. The van der Waals surface area contributed by atoms with Gasteiger partial charge in [-0.25, -0.2) is 0 Å². The molecule has 0 saturated heterocycles. The van der Waals surface area contributed by atoms with Crippen LogP contribution in [0, 0.1) is 5.41 Å². The molecule has 0 atom stereocenters. The Kier molecular flexibility index (Phi) is 7.55. The fourth-order valence-corrected chi connectivity index (χ4v) is 3.41. The topological polar surface area (TPSA) is 27.7 Å². The standard InChI is InChI=1S/C22H38O3Si/c1-11-24-16-19(21(2,3)4)20(23-8)17-13-12-14-18(15-17)25-26(9,10)22(5,6)7/h12-15H,11,16H2,1-10H3/b20-19-. The molecule has 0 bridgehead atoms. The van der Waals surface area contributed by atoms with Crippen molar-refractivity contribution in [2.75, 3.05) is 20.3 Å². The number of rotatable bonds is 7. The number of hydrogen-bond acceptors (Lipinski definition) is 3. The Morgan fingerprint density at radius 1 is 1.04 bits per heavy atom. The lowest BCUT2D eigenvalue weighted by molar-refractivity contribution is 0.155. The van der Waals surface area contributed by atoms with Crippen molar-refractivity contribution < 1.29 is 13.9 Å². The van der Waals surface area contributed by atoms with E-state index in [1.165, 1.54) is 0 Å². The lowest BCUT2D eigenvalue weighted by Crippen LogP contribution is -2.43. The van der Waals surface area contributed by atoms with E-state index in [4.69, 9.17) is 13.9 Å². The Hall–Kier alpha value is -1.26. The lowest BCUT2D eigenvalue weighted by Gasteiger charge is -2.36. The molecule has 0 aliphatic carbocycles. The highest BCUT2D eigenvalue weighted by Gasteiger charge is 2.39. The van der Waals surface area contributed by atoms with Gasteiger partial charge in [0.05, 0.1) is 13.7 Å². The summed E-state index contributed by atoms with van der Waals surface area (Å²) < 4.78 is 18.0. The zero-order valence-corrected chi connectivity index (χ0v) is 19.4. The number of methoxy groups -OCH3 is 1. The van der Waals surface area contributed by atoms with Crippen LogP contribution in [0.1, 0.15) is 54.0 Å². The van der Waals surface area contributed by atoms with E-state index in [9.17, 15) is 0 Å². The number of hydrogen-bond donors (Lipinski definition) is 0. The van der Waals surface area contributed by atoms with E-state index in [0.717, 1.165) is 22.6 Å². The van der Waals surface area contributed by atoms with Crippen LogP contribution in [0.2, 0.25) is 18.1 Å². The van der Waals surface area contributed by atoms with Crippen LogP contribution in [-0.2, 0) is 9.47 Å². The minimum Gasteiger partial charge on any atom is -0.543 e. The third-order valence-electron chi connectivity index (χ3n) is 5.11. The Bertz CT molecular complexity index is 619. The molecule has 0 saturated carbocycles. The highest BCUT2D eigenvalue weighted by Crippen LogP contribution is 2.39. The van der Waals surface area contributed by atoms with Crippen LogP contribution in [-0.4, -0.2) is 28.6 Å².